The van der Waals surface area contributed by atoms with E-state index in [2.05, 4.69) is 26.1 Å². The lowest BCUT2D eigenvalue weighted by atomic mass is 10.0. The minimum Gasteiger partial charge on any atom is -0.326 e. The van der Waals surface area contributed by atoms with Crippen molar-refractivity contribution in [2.75, 3.05) is 21.7 Å². The van der Waals surface area contributed by atoms with E-state index in [9.17, 15) is 14.4 Å². The summed E-state index contributed by atoms with van der Waals surface area (Å²) in [4.78, 5) is 35.8. The molecule has 0 radical (unpaired) electrons. The topological polar surface area (TPSA) is 113 Å². The molecule has 172 valence electrons. The predicted octanol–water partition coefficient (Wildman–Crippen LogP) is 4.56. The van der Waals surface area contributed by atoms with E-state index in [4.69, 9.17) is 0 Å². The highest BCUT2D eigenvalue weighted by molar-refractivity contribution is 8.01. The third-order valence-corrected chi connectivity index (χ3v) is 6.67. The molecule has 0 saturated heterocycles. The number of nitrogens with one attached hydrogen (secondary N) is 3. The number of thioether (sulfide) groups is 1. The van der Waals surface area contributed by atoms with Crippen LogP contribution in [0.4, 0.5) is 16.5 Å². The fourth-order valence-electron chi connectivity index (χ4n) is 3.27. The van der Waals surface area contributed by atoms with Gasteiger partial charge in [-0.1, -0.05) is 65.6 Å². The Balaban J connectivity index is 1.26. The number of anilines is 3. The third-order valence-electron chi connectivity index (χ3n) is 4.70. The summed E-state index contributed by atoms with van der Waals surface area (Å²) >= 11 is 2.46. The number of hydrogen-bond acceptors (Lipinski definition) is 7. The van der Waals surface area contributed by atoms with Gasteiger partial charge < -0.3 is 16.0 Å². The van der Waals surface area contributed by atoms with E-state index < -0.39 is 0 Å². The van der Waals surface area contributed by atoms with Crippen molar-refractivity contribution < 1.29 is 14.4 Å². The molecule has 0 atom stereocenters. The summed E-state index contributed by atoms with van der Waals surface area (Å²) in [6.07, 6.45) is 0.229. The molecule has 4 aromatic rings. The van der Waals surface area contributed by atoms with Crippen molar-refractivity contribution in [3.63, 3.8) is 0 Å². The average Bonchev–Trinajstić information content (AvgIpc) is 3.26. The molecule has 0 aliphatic heterocycles. The molecule has 1 aromatic heterocycles. The molecule has 1 heterocycles. The van der Waals surface area contributed by atoms with Crippen molar-refractivity contribution in [1.29, 1.82) is 0 Å². The molecular weight excluding hydrogens is 470 g/mol. The zero-order chi connectivity index (χ0) is 23.9. The van der Waals surface area contributed by atoms with Crippen LogP contribution >= 0.6 is 23.1 Å². The van der Waals surface area contributed by atoms with Crippen LogP contribution < -0.4 is 16.0 Å². The van der Waals surface area contributed by atoms with Gasteiger partial charge in [0, 0.05) is 18.3 Å². The van der Waals surface area contributed by atoms with Crippen LogP contribution in [0.25, 0.3) is 10.8 Å². The summed E-state index contributed by atoms with van der Waals surface area (Å²) in [5, 5.41) is 18.8. The van der Waals surface area contributed by atoms with Crippen molar-refractivity contribution in [2.24, 2.45) is 0 Å². The molecular formula is C24H21N5O3S2. The number of aromatic nitrogens is 2. The largest absolute Gasteiger partial charge is 0.326 e. The molecule has 0 saturated carbocycles. The molecule has 0 unspecified atom stereocenters. The van der Waals surface area contributed by atoms with E-state index in [1.165, 1.54) is 30.0 Å². The summed E-state index contributed by atoms with van der Waals surface area (Å²) in [6.45, 7) is 1.43. The Bertz CT molecular complexity index is 1330. The van der Waals surface area contributed by atoms with Gasteiger partial charge in [0.05, 0.1) is 12.2 Å². The normalized spacial score (nSPS) is 10.6. The summed E-state index contributed by atoms with van der Waals surface area (Å²) in [5.74, 6) is -0.389. The van der Waals surface area contributed by atoms with Gasteiger partial charge in [0.1, 0.15) is 0 Å². The van der Waals surface area contributed by atoms with Gasteiger partial charge in [-0.3, -0.25) is 14.4 Å². The molecule has 0 spiro atoms. The van der Waals surface area contributed by atoms with Crippen molar-refractivity contribution in [1.82, 2.24) is 10.2 Å². The van der Waals surface area contributed by atoms with E-state index in [0.29, 0.717) is 20.8 Å². The standard InChI is InChI=1S/C24H21N5O3S2/c1-15(30)25-18-9-11-19(12-10-18)26-22(32)14-33-24-29-28-23(34-24)27-21(31)13-17-7-4-6-16-5-2-3-8-20(16)17/h2-12H,13-14H2,1H3,(H,25,30)(H,26,32)(H,27,28,31). The third kappa shape index (κ3) is 6.40. The highest BCUT2D eigenvalue weighted by Gasteiger charge is 2.12. The number of hydrogen-bond donors (Lipinski definition) is 3. The molecule has 0 bridgehead atoms. The highest BCUT2D eigenvalue weighted by atomic mass is 32.2. The Morgan fingerprint density at radius 1 is 0.824 bits per heavy atom. The van der Waals surface area contributed by atoms with Crippen LogP contribution in [0.15, 0.2) is 71.1 Å². The lowest BCUT2D eigenvalue weighted by Gasteiger charge is -2.06. The lowest BCUT2D eigenvalue weighted by Crippen LogP contribution is -2.14. The molecule has 4 rings (SSSR count). The maximum atomic E-state index is 12.5. The van der Waals surface area contributed by atoms with Crippen LogP contribution in [-0.4, -0.2) is 33.7 Å². The molecule has 3 aromatic carbocycles. The Kier molecular flexibility index (Phi) is 7.51. The van der Waals surface area contributed by atoms with Crippen molar-refractivity contribution in [3.05, 3.63) is 72.3 Å². The summed E-state index contributed by atoms with van der Waals surface area (Å²) < 4.78 is 0.580. The molecule has 10 heteroatoms. The van der Waals surface area contributed by atoms with Crippen LogP contribution in [0, 0.1) is 0 Å². The van der Waals surface area contributed by atoms with Gasteiger partial charge in [-0.15, -0.1) is 10.2 Å². The first kappa shape index (κ1) is 23.4. The Morgan fingerprint density at radius 2 is 1.53 bits per heavy atom. The number of rotatable bonds is 8. The van der Waals surface area contributed by atoms with Gasteiger partial charge in [0.15, 0.2) is 4.34 Å². The maximum absolute atomic E-state index is 12.5. The van der Waals surface area contributed by atoms with Crippen LogP contribution in [-0.2, 0) is 20.8 Å². The predicted molar refractivity (Wildman–Crippen MR) is 136 cm³/mol. The minimum atomic E-state index is -0.200. The molecule has 3 N–H and O–H groups in total. The van der Waals surface area contributed by atoms with Crippen LogP contribution in [0.1, 0.15) is 12.5 Å². The molecule has 34 heavy (non-hydrogen) atoms. The van der Waals surface area contributed by atoms with E-state index in [-0.39, 0.29) is 29.9 Å². The summed E-state index contributed by atoms with van der Waals surface area (Å²) in [6, 6.07) is 20.7. The van der Waals surface area contributed by atoms with Crippen LogP contribution in [0.5, 0.6) is 0 Å². The Hall–Kier alpha value is -3.76. The smallest absolute Gasteiger partial charge is 0.234 e. The Morgan fingerprint density at radius 3 is 2.29 bits per heavy atom. The second-order valence-electron chi connectivity index (χ2n) is 7.33. The lowest BCUT2D eigenvalue weighted by molar-refractivity contribution is -0.116. The van der Waals surface area contributed by atoms with Crippen molar-refractivity contribution in [3.8, 4) is 0 Å². The average molecular weight is 492 g/mol. The van der Waals surface area contributed by atoms with E-state index in [0.717, 1.165) is 16.3 Å². The number of amides is 3. The minimum absolute atomic E-state index is 0.145. The van der Waals surface area contributed by atoms with E-state index in [1.54, 1.807) is 24.3 Å². The van der Waals surface area contributed by atoms with Crippen molar-refractivity contribution >= 4 is 68.1 Å². The zero-order valence-electron chi connectivity index (χ0n) is 18.2. The number of nitrogens with zero attached hydrogens (tertiary/aromatic N) is 2. The fourth-order valence-corrected chi connectivity index (χ4v) is 4.83. The van der Waals surface area contributed by atoms with Crippen LogP contribution in [0.2, 0.25) is 0 Å². The fraction of sp³-hybridized carbons (Fsp3) is 0.125. The second kappa shape index (κ2) is 10.9. The zero-order valence-corrected chi connectivity index (χ0v) is 19.8. The van der Waals surface area contributed by atoms with Gasteiger partial charge >= 0.3 is 0 Å². The highest BCUT2D eigenvalue weighted by Crippen LogP contribution is 2.26. The quantitative estimate of drug-likeness (QED) is 0.246. The van der Waals surface area contributed by atoms with Crippen LogP contribution in [0.3, 0.4) is 0 Å². The van der Waals surface area contributed by atoms with Gasteiger partial charge in [-0.25, -0.2) is 0 Å². The number of carbonyl (C=O) groups excluding carboxylic acids is 3. The van der Waals surface area contributed by atoms with Gasteiger partial charge in [-0.05, 0) is 40.6 Å². The Labute approximate surface area is 204 Å². The molecule has 0 fully saturated rings. The van der Waals surface area contributed by atoms with E-state index >= 15 is 0 Å². The summed E-state index contributed by atoms with van der Waals surface area (Å²) in [5.41, 5.74) is 2.22. The second-order valence-corrected chi connectivity index (χ2v) is 9.53. The van der Waals surface area contributed by atoms with Gasteiger partial charge in [0.2, 0.25) is 22.9 Å². The SMILES string of the molecule is CC(=O)Nc1ccc(NC(=O)CSc2nnc(NC(=O)Cc3cccc4ccccc34)s2)cc1. The molecule has 3 amide bonds. The number of fused-ring (bicyclic) bond motifs is 1. The number of carbonyl (C=O) groups is 3. The van der Waals surface area contributed by atoms with Crippen molar-refractivity contribution in [2.45, 2.75) is 17.7 Å². The number of benzene rings is 3. The molecule has 0 aliphatic carbocycles. The first-order chi connectivity index (χ1) is 16.5. The maximum Gasteiger partial charge on any atom is 0.234 e. The van der Waals surface area contributed by atoms with E-state index in [1.807, 2.05) is 42.5 Å². The molecule has 0 aliphatic rings. The van der Waals surface area contributed by atoms with Gasteiger partial charge in [-0.2, -0.15) is 0 Å². The monoisotopic (exact) mass is 491 g/mol. The first-order valence-corrected chi connectivity index (χ1v) is 12.2. The first-order valence-electron chi connectivity index (χ1n) is 10.4. The summed E-state index contributed by atoms with van der Waals surface area (Å²) in [7, 11) is 0. The molecule has 8 nitrogen and oxygen atoms in total. The van der Waals surface area contributed by atoms with Gasteiger partial charge in [0.25, 0.3) is 0 Å².